The zero-order chi connectivity index (χ0) is 60.6. The number of phosphoric acid groups is 2. The normalized spacial score (nSPS) is 14.6. The molecule has 0 amide bonds. The van der Waals surface area contributed by atoms with Gasteiger partial charge in [-0.15, -0.1) is 0 Å². The van der Waals surface area contributed by atoms with E-state index in [1.807, 2.05) is 0 Å². The molecule has 6 atom stereocenters. The van der Waals surface area contributed by atoms with Crippen LogP contribution >= 0.6 is 15.6 Å². The van der Waals surface area contributed by atoms with Gasteiger partial charge in [0.1, 0.15) is 19.3 Å². The van der Waals surface area contributed by atoms with Crippen molar-refractivity contribution in [3.05, 3.63) is 0 Å². The van der Waals surface area contributed by atoms with Crippen molar-refractivity contribution in [3.63, 3.8) is 0 Å². The van der Waals surface area contributed by atoms with Gasteiger partial charge in [0.25, 0.3) is 0 Å². The van der Waals surface area contributed by atoms with Crippen LogP contribution in [0, 0.1) is 5.92 Å². The van der Waals surface area contributed by atoms with Crippen molar-refractivity contribution < 1.29 is 80.2 Å². The monoisotopic (exact) mass is 1210 g/mol. The Bertz CT molecular complexity index is 1600. The molecule has 0 radical (unpaired) electrons. The Morgan fingerprint density at radius 2 is 0.585 bits per heavy atom. The number of hydrogen-bond donors (Lipinski definition) is 3. The summed E-state index contributed by atoms with van der Waals surface area (Å²) in [6, 6.07) is 0. The highest BCUT2D eigenvalue weighted by molar-refractivity contribution is 7.47. The van der Waals surface area contributed by atoms with E-state index < -0.39 is 97.5 Å². The van der Waals surface area contributed by atoms with Crippen molar-refractivity contribution in [2.75, 3.05) is 39.6 Å². The van der Waals surface area contributed by atoms with E-state index in [0.717, 1.165) is 115 Å². The lowest BCUT2D eigenvalue weighted by atomic mass is 9.99. The number of esters is 4. The van der Waals surface area contributed by atoms with Gasteiger partial charge in [-0.1, -0.05) is 266 Å². The molecule has 19 heteroatoms. The zero-order valence-electron chi connectivity index (χ0n) is 52.6. The van der Waals surface area contributed by atoms with E-state index in [2.05, 4.69) is 34.6 Å². The summed E-state index contributed by atoms with van der Waals surface area (Å²) < 4.78 is 67.8. The molecular weight excluding hydrogens is 1090 g/mol. The lowest BCUT2D eigenvalue weighted by Crippen LogP contribution is -2.30. The van der Waals surface area contributed by atoms with Gasteiger partial charge in [-0.05, 0) is 31.6 Å². The Labute approximate surface area is 498 Å². The van der Waals surface area contributed by atoms with Crippen molar-refractivity contribution >= 4 is 39.5 Å². The SMILES string of the molecule is CCCCCCCCCCC(=O)OC[C@H](COP(=O)(O)OC[C@H](O)COP(=O)(O)OC[C@@H](COC(=O)CCCCCCCCCC)OC(=O)CCCCCCCCCCCCCCCCC(C)CC)OC(=O)CCCCCCCCCC. The Morgan fingerprint density at radius 1 is 0.341 bits per heavy atom. The summed E-state index contributed by atoms with van der Waals surface area (Å²) in [4.78, 5) is 71.9. The van der Waals surface area contributed by atoms with E-state index in [0.29, 0.717) is 25.7 Å². The molecule has 486 valence electrons. The van der Waals surface area contributed by atoms with Crippen molar-refractivity contribution in [3.8, 4) is 0 Å². The van der Waals surface area contributed by atoms with Gasteiger partial charge < -0.3 is 33.8 Å². The fourth-order valence-electron chi connectivity index (χ4n) is 9.37. The summed E-state index contributed by atoms with van der Waals surface area (Å²) >= 11 is 0. The molecule has 0 heterocycles. The minimum Gasteiger partial charge on any atom is -0.462 e. The van der Waals surface area contributed by atoms with E-state index in [1.165, 1.54) is 122 Å². The maximum atomic E-state index is 12.9. The second-order valence-corrected chi connectivity index (χ2v) is 25.9. The molecule has 0 saturated heterocycles. The van der Waals surface area contributed by atoms with Gasteiger partial charge in [0.05, 0.1) is 26.4 Å². The fraction of sp³-hybridized carbons (Fsp3) is 0.937. The van der Waals surface area contributed by atoms with Gasteiger partial charge in [-0.2, -0.15) is 0 Å². The van der Waals surface area contributed by atoms with Gasteiger partial charge in [0.15, 0.2) is 12.2 Å². The van der Waals surface area contributed by atoms with E-state index in [4.69, 9.17) is 37.0 Å². The van der Waals surface area contributed by atoms with E-state index in [9.17, 15) is 43.2 Å². The van der Waals surface area contributed by atoms with Gasteiger partial charge in [-0.25, -0.2) is 9.13 Å². The third kappa shape index (κ3) is 55.9. The van der Waals surface area contributed by atoms with Crippen molar-refractivity contribution in [2.24, 2.45) is 5.92 Å². The molecule has 17 nitrogen and oxygen atoms in total. The summed E-state index contributed by atoms with van der Waals surface area (Å²) in [7, 11) is -9.87. The van der Waals surface area contributed by atoms with Crippen molar-refractivity contribution in [2.45, 2.75) is 335 Å². The number of carbonyl (C=O) groups excluding carboxylic acids is 4. The van der Waals surface area contributed by atoms with Crippen LogP contribution in [0.5, 0.6) is 0 Å². The molecule has 0 saturated carbocycles. The highest BCUT2D eigenvalue weighted by Gasteiger charge is 2.30. The number of aliphatic hydroxyl groups excluding tert-OH is 1. The molecule has 0 aromatic carbocycles. The Hall–Kier alpha value is -1.94. The Kier molecular flexibility index (Phi) is 55.5. The highest BCUT2D eigenvalue weighted by atomic mass is 31.2. The maximum absolute atomic E-state index is 12.9. The molecule has 0 aromatic heterocycles. The molecule has 0 spiro atoms. The number of phosphoric ester groups is 2. The quantitative estimate of drug-likeness (QED) is 0.0222. The van der Waals surface area contributed by atoms with Crippen LogP contribution in [0.3, 0.4) is 0 Å². The van der Waals surface area contributed by atoms with Gasteiger partial charge in [0, 0.05) is 25.7 Å². The number of aliphatic hydroxyl groups is 1. The number of ether oxygens (including phenoxy) is 4. The Balaban J connectivity index is 5.13. The van der Waals surface area contributed by atoms with E-state index in [1.54, 1.807) is 0 Å². The number of carbonyl (C=O) groups is 4. The molecule has 3 N–H and O–H groups in total. The maximum Gasteiger partial charge on any atom is 0.472 e. The first-order chi connectivity index (χ1) is 39.6. The summed E-state index contributed by atoms with van der Waals surface area (Å²) in [5.74, 6) is -1.29. The molecule has 0 bridgehead atoms. The smallest absolute Gasteiger partial charge is 0.462 e. The summed E-state index contributed by atoms with van der Waals surface area (Å²) in [5.41, 5.74) is 0. The minimum atomic E-state index is -4.94. The topological polar surface area (TPSA) is 237 Å². The minimum absolute atomic E-state index is 0.105. The van der Waals surface area contributed by atoms with Crippen LogP contribution < -0.4 is 0 Å². The molecule has 0 aliphatic heterocycles. The van der Waals surface area contributed by atoms with Crippen molar-refractivity contribution in [1.29, 1.82) is 0 Å². The lowest BCUT2D eigenvalue weighted by Gasteiger charge is -2.21. The summed E-state index contributed by atoms with van der Waals surface area (Å²) in [6.45, 7) is 7.16. The molecule has 0 aromatic rings. The van der Waals surface area contributed by atoms with Crippen LogP contribution in [0.4, 0.5) is 0 Å². The Morgan fingerprint density at radius 3 is 0.866 bits per heavy atom. The molecule has 0 aliphatic carbocycles. The first-order valence-electron chi connectivity index (χ1n) is 33.2. The molecule has 0 aliphatic rings. The third-order valence-corrected chi connectivity index (χ3v) is 16.8. The van der Waals surface area contributed by atoms with Crippen LogP contribution in [-0.2, 0) is 65.4 Å². The zero-order valence-corrected chi connectivity index (χ0v) is 54.4. The van der Waals surface area contributed by atoms with Crippen LogP contribution in [0.2, 0.25) is 0 Å². The van der Waals surface area contributed by atoms with Gasteiger partial charge in [-0.3, -0.25) is 37.3 Å². The van der Waals surface area contributed by atoms with Crippen LogP contribution in [0.25, 0.3) is 0 Å². The van der Waals surface area contributed by atoms with E-state index >= 15 is 0 Å². The molecule has 0 rings (SSSR count). The molecule has 0 fully saturated rings. The molecular formula is C63H122O17P2. The number of hydrogen-bond acceptors (Lipinski definition) is 15. The first-order valence-corrected chi connectivity index (χ1v) is 36.2. The number of rotatable bonds is 63. The predicted molar refractivity (Wildman–Crippen MR) is 326 cm³/mol. The van der Waals surface area contributed by atoms with Crippen LogP contribution in [0.1, 0.15) is 317 Å². The third-order valence-electron chi connectivity index (χ3n) is 14.9. The standard InChI is InChI=1S/C63H122O17P2/c1-6-10-13-16-19-31-36-41-46-60(65)73-52-58(79-62(67)48-43-38-33-21-18-15-12-8-3)54-77-81(69,70)75-50-57(64)51-76-82(71,72)78-55-59(53-74-61(66)47-42-37-32-20-17-14-11-7-2)80-63(68)49-44-39-34-29-27-25-23-22-24-26-28-30-35-40-45-56(5)9-4/h56-59,64H,6-55H2,1-5H3,(H,69,70)(H,71,72)/t56?,57-,58+,59+/m0/s1. The predicted octanol–water partition coefficient (Wildman–Crippen LogP) is 17.4. The average Bonchev–Trinajstić information content (AvgIpc) is 3.45. The fourth-order valence-corrected chi connectivity index (χ4v) is 11.0. The van der Waals surface area contributed by atoms with Gasteiger partial charge in [0.2, 0.25) is 0 Å². The number of unbranched alkanes of at least 4 members (excludes halogenated alkanes) is 34. The first kappa shape index (κ1) is 80.1. The summed E-state index contributed by atoms with van der Waals surface area (Å²) in [5, 5.41) is 10.5. The lowest BCUT2D eigenvalue weighted by molar-refractivity contribution is -0.161. The van der Waals surface area contributed by atoms with Gasteiger partial charge >= 0.3 is 39.5 Å². The summed E-state index contributed by atoms with van der Waals surface area (Å²) in [6.07, 6.45) is 40.4. The average molecular weight is 1210 g/mol. The van der Waals surface area contributed by atoms with Crippen LogP contribution in [-0.4, -0.2) is 96.7 Å². The second kappa shape index (κ2) is 56.8. The van der Waals surface area contributed by atoms with E-state index in [-0.39, 0.29) is 25.7 Å². The van der Waals surface area contributed by atoms with Crippen molar-refractivity contribution in [1.82, 2.24) is 0 Å². The largest absolute Gasteiger partial charge is 0.472 e. The molecule has 3 unspecified atom stereocenters. The van der Waals surface area contributed by atoms with Crippen LogP contribution in [0.15, 0.2) is 0 Å². The highest BCUT2D eigenvalue weighted by Crippen LogP contribution is 2.45. The second-order valence-electron chi connectivity index (χ2n) is 23.0. The molecule has 82 heavy (non-hydrogen) atoms.